The predicted molar refractivity (Wildman–Crippen MR) is 64.4 cm³/mol. The van der Waals surface area contributed by atoms with Gasteiger partial charge in [-0.2, -0.15) is 0 Å². The average Bonchev–Trinajstić information content (AvgIpc) is 2.28. The molecule has 1 N–H and O–H groups in total. The van der Waals surface area contributed by atoms with E-state index in [2.05, 4.69) is 17.4 Å². The number of hydrogen-bond acceptors (Lipinski definition) is 2. The van der Waals surface area contributed by atoms with E-state index in [4.69, 9.17) is 4.74 Å². The monoisotopic (exact) mass is 221 g/mol. The fraction of sp³-hybridized carbons (Fsp3) is 0.462. The molecule has 16 heavy (non-hydrogen) atoms. The molecule has 0 saturated carbocycles. The smallest absolute Gasteiger partial charge is 0.407 e. The molecule has 1 amide bonds. The third kappa shape index (κ3) is 4.82. The first kappa shape index (κ1) is 12.6. The molecule has 1 atom stereocenters. The molecule has 0 aliphatic carbocycles. The lowest BCUT2D eigenvalue weighted by molar-refractivity contribution is 0.148. The van der Waals surface area contributed by atoms with Crippen molar-refractivity contribution in [3.05, 3.63) is 35.9 Å². The molecule has 0 aliphatic rings. The summed E-state index contributed by atoms with van der Waals surface area (Å²) >= 11 is 0. The van der Waals surface area contributed by atoms with E-state index in [0.717, 1.165) is 12.8 Å². The van der Waals surface area contributed by atoms with Crippen LogP contribution in [0.3, 0.4) is 0 Å². The lowest BCUT2D eigenvalue weighted by atomic mass is 10.1. The first-order valence-electron chi connectivity index (χ1n) is 5.69. The second-order valence-corrected chi connectivity index (χ2v) is 3.79. The minimum absolute atomic E-state index is 0.138. The molecule has 88 valence electrons. The zero-order chi connectivity index (χ0) is 11.8. The molecule has 0 fully saturated rings. The first-order valence-corrected chi connectivity index (χ1v) is 5.69. The van der Waals surface area contributed by atoms with E-state index in [1.54, 1.807) is 6.92 Å². The number of carbonyl (C=O) groups is 1. The SMILES string of the molecule is CCOC(=O)N[C@@H](C)CCc1ccccc1. The minimum Gasteiger partial charge on any atom is -0.450 e. The van der Waals surface area contributed by atoms with Crippen LogP contribution in [0.25, 0.3) is 0 Å². The Kier molecular flexibility index (Phi) is 5.40. The highest BCUT2D eigenvalue weighted by molar-refractivity contribution is 5.67. The van der Waals surface area contributed by atoms with Gasteiger partial charge in [0.1, 0.15) is 0 Å². The van der Waals surface area contributed by atoms with Crippen LogP contribution in [-0.4, -0.2) is 18.7 Å². The van der Waals surface area contributed by atoms with Crippen molar-refractivity contribution in [3.63, 3.8) is 0 Å². The molecule has 0 saturated heterocycles. The normalized spacial score (nSPS) is 11.9. The Labute approximate surface area is 96.8 Å². The van der Waals surface area contributed by atoms with Gasteiger partial charge in [-0.15, -0.1) is 0 Å². The molecule has 0 aliphatic heterocycles. The highest BCUT2D eigenvalue weighted by Gasteiger charge is 2.07. The molecule has 1 rings (SSSR count). The van der Waals surface area contributed by atoms with Crippen LogP contribution in [0, 0.1) is 0 Å². The van der Waals surface area contributed by atoms with Gasteiger partial charge in [-0.25, -0.2) is 4.79 Å². The van der Waals surface area contributed by atoms with Crippen molar-refractivity contribution in [2.24, 2.45) is 0 Å². The standard InChI is InChI=1S/C13H19NO2/c1-3-16-13(15)14-11(2)9-10-12-7-5-4-6-8-12/h4-8,11H,3,9-10H2,1-2H3,(H,14,15)/t11-/m0/s1. The number of amides is 1. The van der Waals surface area contributed by atoms with Crippen molar-refractivity contribution in [1.29, 1.82) is 0 Å². The Bertz CT molecular complexity index is 311. The van der Waals surface area contributed by atoms with Gasteiger partial charge >= 0.3 is 6.09 Å². The van der Waals surface area contributed by atoms with Gasteiger partial charge in [-0.3, -0.25) is 0 Å². The quantitative estimate of drug-likeness (QED) is 0.830. The summed E-state index contributed by atoms with van der Waals surface area (Å²) in [6.45, 7) is 4.20. The van der Waals surface area contributed by atoms with Gasteiger partial charge in [0.05, 0.1) is 6.61 Å². The van der Waals surface area contributed by atoms with E-state index in [1.165, 1.54) is 5.56 Å². The molecule has 0 unspecified atom stereocenters. The van der Waals surface area contributed by atoms with Gasteiger partial charge in [-0.05, 0) is 32.3 Å². The van der Waals surface area contributed by atoms with Crippen LogP contribution in [-0.2, 0) is 11.2 Å². The summed E-state index contributed by atoms with van der Waals surface area (Å²) in [6.07, 6.45) is 1.56. The van der Waals surface area contributed by atoms with Crippen molar-refractivity contribution in [3.8, 4) is 0 Å². The zero-order valence-corrected chi connectivity index (χ0v) is 9.90. The molecule has 3 nitrogen and oxygen atoms in total. The van der Waals surface area contributed by atoms with Crippen LogP contribution in [0.15, 0.2) is 30.3 Å². The van der Waals surface area contributed by atoms with E-state index in [1.807, 2.05) is 25.1 Å². The van der Waals surface area contributed by atoms with Crippen LogP contribution < -0.4 is 5.32 Å². The molecule has 0 heterocycles. The van der Waals surface area contributed by atoms with Gasteiger partial charge in [0.2, 0.25) is 0 Å². The molecule has 1 aromatic rings. The van der Waals surface area contributed by atoms with Gasteiger partial charge in [0, 0.05) is 6.04 Å². The fourth-order valence-corrected chi connectivity index (χ4v) is 1.47. The van der Waals surface area contributed by atoms with Crippen LogP contribution in [0.1, 0.15) is 25.8 Å². The van der Waals surface area contributed by atoms with Crippen molar-refractivity contribution in [2.75, 3.05) is 6.61 Å². The number of ether oxygens (including phenoxy) is 1. The van der Waals surface area contributed by atoms with Gasteiger partial charge in [0.25, 0.3) is 0 Å². The maximum atomic E-state index is 11.1. The summed E-state index contributed by atoms with van der Waals surface area (Å²) in [5.74, 6) is 0. The van der Waals surface area contributed by atoms with Crippen LogP contribution >= 0.6 is 0 Å². The van der Waals surface area contributed by atoms with Crippen LogP contribution in [0.5, 0.6) is 0 Å². The Balaban J connectivity index is 2.25. The van der Waals surface area contributed by atoms with E-state index >= 15 is 0 Å². The van der Waals surface area contributed by atoms with Crippen LogP contribution in [0.4, 0.5) is 4.79 Å². The number of benzene rings is 1. The van der Waals surface area contributed by atoms with Crippen molar-refractivity contribution in [1.82, 2.24) is 5.32 Å². The Morgan fingerprint density at radius 3 is 2.69 bits per heavy atom. The van der Waals surface area contributed by atoms with Gasteiger partial charge in [-0.1, -0.05) is 30.3 Å². The van der Waals surface area contributed by atoms with E-state index < -0.39 is 0 Å². The maximum absolute atomic E-state index is 11.1. The Hall–Kier alpha value is -1.51. The lowest BCUT2D eigenvalue weighted by Gasteiger charge is -2.13. The number of alkyl carbamates (subject to hydrolysis) is 1. The van der Waals surface area contributed by atoms with E-state index in [0.29, 0.717) is 6.61 Å². The fourth-order valence-electron chi connectivity index (χ4n) is 1.47. The van der Waals surface area contributed by atoms with Crippen molar-refractivity contribution >= 4 is 6.09 Å². The molecule has 0 aromatic heterocycles. The second kappa shape index (κ2) is 6.88. The first-order chi connectivity index (χ1) is 7.72. The molecular weight excluding hydrogens is 202 g/mol. The number of hydrogen-bond donors (Lipinski definition) is 1. The summed E-state index contributed by atoms with van der Waals surface area (Å²) in [6, 6.07) is 10.4. The van der Waals surface area contributed by atoms with E-state index in [9.17, 15) is 4.79 Å². The van der Waals surface area contributed by atoms with Crippen molar-refractivity contribution in [2.45, 2.75) is 32.7 Å². The Morgan fingerprint density at radius 1 is 1.38 bits per heavy atom. The number of nitrogens with one attached hydrogen (secondary N) is 1. The number of aryl methyl sites for hydroxylation is 1. The number of carbonyl (C=O) groups excluding carboxylic acids is 1. The highest BCUT2D eigenvalue weighted by atomic mass is 16.5. The third-order valence-corrected chi connectivity index (χ3v) is 2.35. The second-order valence-electron chi connectivity index (χ2n) is 3.79. The maximum Gasteiger partial charge on any atom is 0.407 e. The third-order valence-electron chi connectivity index (χ3n) is 2.35. The number of rotatable bonds is 5. The predicted octanol–water partition coefficient (Wildman–Crippen LogP) is 2.75. The summed E-state index contributed by atoms with van der Waals surface area (Å²) in [5.41, 5.74) is 1.29. The topological polar surface area (TPSA) is 38.3 Å². The molecule has 0 bridgehead atoms. The van der Waals surface area contributed by atoms with Gasteiger partial charge in [0.15, 0.2) is 0 Å². The summed E-state index contributed by atoms with van der Waals surface area (Å²) in [4.78, 5) is 11.1. The van der Waals surface area contributed by atoms with Gasteiger partial charge < -0.3 is 10.1 Å². The molecule has 3 heteroatoms. The molecule has 0 radical (unpaired) electrons. The van der Waals surface area contributed by atoms with Crippen LogP contribution in [0.2, 0.25) is 0 Å². The summed E-state index contributed by atoms with van der Waals surface area (Å²) in [7, 11) is 0. The Morgan fingerprint density at radius 2 is 2.06 bits per heavy atom. The summed E-state index contributed by atoms with van der Waals surface area (Å²) < 4.78 is 4.81. The molecule has 1 aromatic carbocycles. The molecular formula is C13H19NO2. The average molecular weight is 221 g/mol. The highest BCUT2D eigenvalue weighted by Crippen LogP contribution is 2.04. The summed E-state index contributed by atoms with van der Waals surface area (Å²) in [5, 5.41) is 2.79. The minimum atomic E-state index is -0.330. The van der Waals surface area contributed by atoms with E-state index in [-0.39, 0.29) is 12.1 Å². The van der Waals surface area contributed by atoms with Crippen molar-refractivity contribution < 1.29 is 9.53 Å². The lowest BCUT2D eigenvalue weighted by Crippen LogP contribution is -2.33. The largest absolute Gasteiger partial charge is 0.450 e. The molecule has 0 spiro atoms. The zero-order valence-electron chi connectivity index (χ0n) is 9.90.